The van der Waals surface area contributed by atoms with Gasteiger partial charge in [0.15, 0.2) is 0 Å². The second-order valence-electron chi connectivity index (χ2n) is 3.00. The maximum atomic E-state index is 5.07. The molecular weight excluding hydrogens is 167 g/mol. The van der Waals surface area contributed by atoms with Gasteiger partial charge in [0.2, 0.25) is 0 Å². The van der Waals surface area contributed by atoms with Gasteiger partial charge in [-0.15, -0.1) is 0 Å². The number of methoxy groups -OCH3 is 1. The fraction of sp³-hybridized carbons (Fsp3) is 0.400. The average molecular weight is 182 g/mol. The smallest absolute Gasteiger partial charge is 0.0713 e. The van der Waals surface area contributed by atoms with Gasteiger partial charge in [0.05, 0.1) is 6.61 Å². The van der Waals surface area contributed by atoms with Gasteiger partial charge in [-0.1, -0.05) is 26.1 Å². The molecule has 1 aromatic carbocycles. The molecule has 0 saturated heterocycles. The van der Waals surface area contributed by atoms with Gasteiger partial charge in [0.1, 0.15) is 0 Å². The van der Waals surface area contributed by atoms with Crippen LogP contribution in [0.5, 0.6) is 0 Å². The van der Waals surface area contributed by atoms with Crippen LogP contribution in [0, 0.1) is 0 Å². The quantitative estimate of drug-likeness (QED) is 0.651. The van der Waals surface area contributed by atoms with E-state index in [1.165, 1.54) is 10.9 Å². The highest BCUT2D eigenvalue weighted by Gasteiger charge is 1.98. The first-order valence-corrected chi connectivity index (χ1v) is 6.23. The molecule has 0 aliphatic heterocycles. The molecule has 1 nitrogen and oxygen atoms in total. The summed E-state index contributed by atoms with van der Waals surface area (Å²) in [4.78, 5) is 0. The molecule has 0 unspecified atom stereocenters. The monoisotopic (exact) mass is 182 g/mol. The Kier molecular flexibility index (Phi) is 3.71. The Balaban J connectivity index is 2.81. The molecule has 0 saturated carbocycles. The molecule has 0 radical (unpaired) electrons. The van der Waals surface area contributed by atoms with Crippen LogP contribution in [0.15, 0.2) is 24.3 Å². The van der Waals surface area contributed by atoms with Crippen molar-refractivity contribution in [3.63, 3.8) is 0 Å². The van der Waals surface area contributed by atoms with Crippen LogP contribution in [0.25, 0.3) is 0 Å². The van der Waals surface area contributed by atoms with Gasteiger partial charge in [0, 0.05) is 7.11 Å². The van der Waals surface area contributed by atoms with E-state index in [9.17, 15) is 0 Å². The zero-order chi connectivity index (χ0) is 8.97. The highest BCUT2D eigenvalue weighted by Crippen LogP contribution is 2.23. The summed E-state index contributed by atoms with van der Waals surface area (Å²) in [5.74, 6) is 0. The van der Waals surface area contributed by atoms with Crippen LogP contribution in [-0.4, -0.2) is 20.4 Å². The molecule has 0 aromatic heterocycles. The standard InChI is InChI=1S/C10H15OP/c1-11-8-9-5-4-6-10(7-9)12(2)3/h4-7H,8H2,1-3H3. The molecule has 2 heteroatoms. The highest BCUT2D eigenvalue weighted by molar-refractivity contribution is 7.64. The van der Waals surface area contributed by atoms with E-state index in [0.717, 1.165) is 6.61 Å². The number of hydrogen-bond acceptors (Lipinski definition) is 1. The number of hydrogen-bond donors (Lipinski definition) is 0. The van der Waals surface area contributed by atoms with Gasteiger partial charge < -0.3 is 4.74 Å². The molecule has 0 aliphatic carbocycles. The predicted octanol–water partition coefficient (Wildman–Crippen LogP) is 2.20. The second kappa shape index (κ2) is 4.59. The Morgan fingerprint density at radius 1 is 1.33 bits per heavy atom. The molecule has 66 valence electrons. The van der Waals surface area contributed by atoms with Crippen molar-refractivity contribution in [1.29, 1.82) is 0 Å². The Morgan fingerprint density at radius 3 is 2.67 bits per heavy atom. The summed E-state index contributed by atoms with van der Waals surface area (Å²) in [7, 11) is 1.75. The molecule has 0 bridgehead atoms. The third-order valence-electron chi connectivity index (χ3n) is 1.74. The minimum absolute atomic E-state index is 0.0219. The molecule has 1 aromatic rings. The first kappa shape index (κ1) is 9.70. The van der Waals surface area contributed by atoms with Crippen molar-refractivity contribution in [3.05, 3.63) is 29.8 Å². The number of rotatable bonds is 3. The maximum Gasteiger partial charge on any atom is 0.0713 e. The van der Waals surface area contributed by atoms with Crippen LogP contribution in [0.1, 0.15) is 5.56 Å². The van der Waals surface area contributed by atoms with E-state index < -0.39 is 0 Å². The SMILES string of the molecule is COCc1cccc(P(C)C)c1. The van der Waals surface area contributed by atoms with Crippen molar-refractivity contribution in [2.45, 2.75) is 6.61 Å². The van der Waals surface area contributed by atoms with Crippen molar-refractivity contribution < 1.29 is 4.74 Å². The van der Waals surface area contributed by atoms with E-state index in [-0.39, 0.29) is 7.92 Å². The molecule has 12 heavy (non-hydrogen) atoms. The lowest BCUT2D eigenvalue weighted by atomic mass is 10.2. The Bertz CT molecular complexity index is 245. The highest BCUT2D eigenvalue weighted by atomic mass is 31.1. The molecule has 0 spiro atoms. The first-order chi connectivity index (χ1) is 5.74. The summed E-state index contributed by atoms with van der Waals surface area (Å²) in [5, 5.41) is 1.44. The topological polar surface area (TPSA) is 9.23 Å². The third kappa shape index (κ3) is 2.58. The van der Waals surface area contributed by atoms with Gasteiger partial charge >= 0.3 is 0 Å². The van der Waals surface area contributed by atoms with Crippen molar-refractivity contribution in [2.75, 3.05) is 20.4 Å². The minimum Gasteiger partial charge on any atom is -0.380 e. The molecule has 0 aliphatic rings. The van der Waals surface area contributed by atoms with Crippen LogP contribution >= 0.6 is 7.92 Å². The van der Waals surface area contributed by atoms with E-state index in [1.807, 2.05) is 0 Å². The van der Waals surface area contributed by atoms with Crippen molar-refractivity contribution >= 4 is 13.2 Å². The molecule has 0 amide bonds. The molecule has 0 fully saturated rings. The molecule has 0 heterocycles. The van der Waals surface area contributed by atoms with Crippen LogP contribution in [0.4, 0.5) is 0 Å². The lowest BCUT2D eigenvalue weighted by Gasteiger charge is -2.07. The zero-order valence-electron chi connectivity index (χ0n) is 7.87. The summed E-state index contributed by atoms with van der Waals surface area (Å²) in [5.41, 5.74) is 1.27. The van der Waals surface area contributed by atoms with Gasteiger partial charge in [-0.25, -0.2) is 0 Å². The van der Waals surface area contributed by atoms with E-state index in [4.69, 9.17) is 4.74 Å². The third-order valence-corrected chi connectivity index (χ3v) is 3.05. The fourth-order valence-electron chi connectivity index (χ4n) is 1.09. The number of ether oxygens (including phenoxy) is 1. The van der Waals surface area contributed by atoms with Crippen LogP contribution in [-0.2, 0) is 11.3 Å². The van der Waals surface area contributed by atoms with E-state index >= 15 is 0 Å². The first-order valence-electron chi connectivity index (χ1n) is 3.99. The van der Waals surface area contributed by atoms with Crippen LogP contribution < -0.4 is 5.30 Å². The van der Waals surface area contributed by atoms with E-state index in [0.29, 0.717) is 0 Å². The average Bonchev–Trinajstić information content (AvgIpc) is 2.05. The Labute approximate surface area is 75.5 Å². The second-order valence-corrected chi connectivity index (χ2v) is 5.30. The zero-order valence-corrected chi connectivity index (χ0v) is 8.77. The Morgan fingerprint density at radius 2 is 2.08 bits per heavy atom. The van der Waals surface area contributed by atoms with Crippen molar-refractivity contribution in [1.82, 2.24) is 0 Å². The van der Waals surface area contributed by atoms with Crippen LogP contribution in [0.3, 0.4) is 0 Å². The van der Waals surface area contributed by atoms with E-state index in [1.54, 1.807) is 7.11 Å². The van der Waals surface area contributed by atoms with Crippen molar-refractivity contribution in [3.8, 4) is 0 Å². The fourth-order valence-corrected chi connectivity index (χ4v) is 1.90. The maximum absolute atomic E-state index is 5.07. The lowest BCUT2D eigenvalue weighted by Crippen LogP contribution is -2.00. The van der Waals surface area contributed by atoms with Gasteiger partial charge in [-0.2, -0.15) is 0 Å². The van der Waals surface area contributed by atoms with E-state index in [2.05, 4.69) is 37.6 Å². The van der Waals surface area contributed by atoms with Crippen molar-refractivity contribution in [2.24, 2.45) is 0 Å². The Hall–Kier alpha value is -0.390. The van der Waals surface area contributed by atoms with Crippen LogP contribution in [0.2, 0.25) is 0 Å². The summed E-state index contributed by atoms with van der Waals surface area (Å²) in [6.07, 6.45) is 0. The van der Waals surface area contributed by atoms with Gasteiger partial charge in [0.25, 0.3) is 0 Å². The van der Waals surface area contributed by atoms with Gasteiger partial charge in [-0.05, 0) is 30.3 Å². The van der Waals surface area contributed by atoms with Gasteiger partial charge in [-0.3, -0.25) is 0 Å². The summed E-state index contributed by atoms with van der Waals surface area (Å²) < 4.78 is 5.07. The summed E-state index contributed by atoms with van der Waals surface area (Å²) >= 11 is 0. The molecular formula is C10H15OP. The lowest BCUT2D eigenvalue weighted by molar-refractivity contribution is 0.185. The largest absolute Gasteiger partial charge is 0.380 e. The molecule has 0 atom stereocenters. The summed E-state index contributed by atoms with van der Waals surface area (Å²) in [6.45, 7) is 5.25. The summed E-state index contributed by atoms with van der Waals surface area (Å²) in [6, 6.07) is 8.62. The normalized spacial score (nSPS) is 10.7. The predicted molar refractivity (Wildman–Crippen MR) is 55.6 cm³/mol. The minimum atomic E-state index is 0.0219. The molecule has 0 N–H and O–H groups in total. The molecule has 1 rings (SSSR count). The number of benzene rings is 1.